The number of nitrogens with zero attached hydrogens (tertiary/aromatic N) is 2. The molecule has 6 nitrogen and oxygen atoms in total. The van der Waals surface area contributed by atoms with Gasteiger partial charge in [-0.3, -0.25) is 14.3 Å². The van der Waals surface area contributed by atoms with E-state index in [0.717, 1.165) is 29.9 Å². The molecule has 3 rings (SSSR count). The molecular weight excluding hydrogens is 384 g/mol. The molecule has 2 aromatic heterocycles. The molecule has 1 atom stereocenters. The molecule has 0 saturated heterocycles. The first-order valence-corrected chi connectivity index (χ1v) is 10.6. The Kier molecular flexibility index (Phi) is 7.19. The molecule has 0 aliphatic carbocycles. The molecule has 0 aliphatic heterocycles. The van der Waals surface area contributed by atoms with Gasteiger partial charge in [0.25, 0.3) is 5.91 Å². The van der Waals surface area contributed by atoms with Crippen LogP contribution in [0.1, 0.15) is 33.0 Å². The number of hydrogen-bond donors (Lipinski definition) is 2. The molecule has 2 amide bonds. The second kappa shape index (κ2) is 10.0. The van der Waals surface area contributed by atoms with Crippen LogP contribution in [0, 0.1) is 13.8 Å². The van der Waals surface area contributed by atoms with Gasteiger partial charge in [-0.15, -0.1) is 11.3 Å². The van der Waals surface area contributed by atoms with Crippen molar-refractivity contribution in [2.24, 2.45) is 0 Å². The maximum absolute atomic E-state index is 12.8. The lowest BCUT2D eigenvalue weighted by atomic mass is 10.1. The van der Waals surface area contributed by atoms with E-state index in [1.165, 1.54) is 11.3 Å². The monoisotopic (exact) mass is 410 g/mol. The summed E-state index contributed by atoms with van der Waals surface area (Å²) in [5.74, 6) is -0.397. The quantitative estimate of drug-likeness (QED) is 0.532. The summed E-state index contributed by atoms with van der Waals surface area (Å²) in [6, 6.07) is 14.7. The van der Waals surface area contributed by atoms with Crippen LogP contribution in [-0.2, 0) is 17.8 Å². The number of nitrogens with one attached hydrogen (secondary N) is 2. The number of rotatable bonds is 9. The van der Waals surface area contributed by atoms with Gasteiger partial charge in [0, 0.05) is 25.2 Å². The second-order valence-electron chi connectivity index (χ2n) is 6.99. The van der Waals surface area contributed by atoms with E-state index in [1.54, 1.807) is 6.07 Å². The molecular formula is C22H26N4O2S. The predicted molar refractivity (Wildman–Crippen MR) is 115 cm³/mol. The Morgan fingerprint density at radius 3 is 2.59 bits per heavy atom. The van der Waals surface area contributed by atoms with Gasteiger partial charge in [0.1, 0.15) is 6.04 Å². The van der Waals surface area contributed by atoms with Gasteiger partial charge in [-0.1, -0.05) is 36.4 Å². The number of carbonyl (C=O) groups is 2. The van der Waals surface area contributed by atoms with Gasteiger partial charge in [0.2, 0.25) is 5.91 Å². The van der Waals surface area contributed by atoms with Crippen molar-refractivity contribution in [2.45, 2.75) is 39.3 Å². The van der Waals surface area contributed by atoms with E-state index >= 15 is 0 Å². The fourth-order valence-electron chi connectivity index (χ4n) is 3.16. The van der Waals surface area contributed by atoms with E-state index in [-0.39, 0.29) is 11.8 Å². The third kappa shape index (κ3) is 6.02. The third-order valence-corrected chi connectivity index (χ3v) is 5.47. The molecule has 0 bridgehead atoms. The van der Waals surface area contributed by atoms with Crippen LogP contribution in [0.5, 0.6) is 0 Å². The van der Waals surface area contributed by atoms with E-state index in [1.807, 2.05) is 66.4 Å². The molecule has 152 valence electrons. The molecule has 3 aromatic rings. The van der Waals surface area contributed by atoms with E-state index in [0.29, 0.717) is 17.8 Å². The maximum Gasteiger partial charge on any atom is 0.262 e. The summed E-state index contributed by atoms with van der Waals surface area (Å²) in [6.07, 6.45) is 1.21. The first-order chi connectivity index (χ1) is 14.0. The number of hydrogen-bond acceptors (Lipinski definition) is 4. The summed E-state index contributed by atoms with van der Waals surface area (Å²) in [5.41, 5.74) is 3.10. The summed E-state index contributed by atoms with van der Waals surface area (Å²) in [6.45, 7) is 5.26. The first kappa shape index (κ1) is 20.8. The van der Waals surface area contributed by atoms with Crippen molar-refractivity contribution in [2.75, 3.05) is 6.54 Å². The molecule has 0 radical (unpaired) electrons. The van der Waals surface area contributed by atoms with Gasteiger partial charge in [-0.25, -0.2) is 0 Å². The van der Waals surface area contributed by atoms with Gasteiger partial charge < -0.3 is 10.6 Å². The zero-order chi connectivity index (χ0) is 20.6. The summed E-state index contributed by atoms with van der Waals surface area (Å²) in [4.78, 5) is 25.9. The Hall–Kier alpha value is -2.93. The fraction of sp³-hybridized carbons (Fsp3) is 0.318. The summed E-state index contributed by atoms with van der Waals surface area (Å²) in [7, 11) is 0. The van der Waals surface area contributed by atoms with Crippen LogP contribution in [0.25, 0.3) is 0 Å². The van der Waals surface area contributed by atoms with E-state index in [2.05, 4.69) is 15.7 Å². The van der Waals surface area contributed by atoms with Crippen LogP contribution in [0.3, 0.4) is 0 Å². The Morgan fingerprint density at radius 2 is 1.93 bits per heavy atom. The Morgan fingerprint density at radius 1 is 1.14 bits per heavy atom. The van der Waals surface area contributed by atoms with Crippen LogP contribution < -0.4 is 10.6 Å². The van der Waals surface area contributed by atoms with E-state index in [9.17, 15) is 9.59 Å². The molecule has 2 heterocycles. The first-order valence-electron chi connectivity index (χ1n) is 9.70. The number of amides is 2. The molecule has 7 heteroatoms. The average Bonchev–Trinajstić information content (AvgIpc) is 3.35. The molecule has 1 unspecified atom stereocenters. The topological polar surface area (TPSA) is 76.0 Å². The van der Waals surface area contributed by atoms with Crippen molar-refractivity contribution >= 4 is 23.2 Å². The SMILES string of the molecule is Cc1cc(C)n(CCCNC(=O)C(Cc2ccccc2)NC(=O)c2cccs2)n1. The maximum atomic E-state index is 12.8. The van der Waals surface area contributed by atoms with Crippen molar-refractivity contribution < 1.29 is 9.59 Å². The Labute approximate surface area is 175 Å². The highest BCUT2D eigenvalue weighted by Gasteiger charge is 2.22. The molecule has 1 aromatic carbocycles. The lowest BCUT2D eigenvalue weighted by molar-refractivity contribution is -0.122. The third-order valence-electron chi connectivity index (χ3n) is 4.60. The lowest BCUT2D eigenvalue weighted by Gasteiger charge is -2.18. The molecule has 0 fully saturated rings. The van der Waals surface area contributed by atoms with Gasteiger partial charge in [0.15, 0.2) is 0 Å². The van der Waals surface area contributed by atoms with Gasteiger partial charge >= 0.3 is 0 Å². The minimum atomic E-state index is -0.624. The number of benzene rings is 1. The largest absolute Gasteiger partial charge is 0.354 e. The number of thiophene rings is 1. The van der Waals surface area contributed by atoms with E-state index < -0.39 is 6.04 Å². The van der Waals surface area contributed by atoms with Crippen molar-refractivity contribution in [3.63, 3.8) is 0 Å². The highest BCUT2D eigenvalue weighted by Crippen LogP contribution is 2.10. The normalized spacial score (nSPS) is 11.8. The number of aromatic nitrogens is 2. The second-order valence-corrected chi connectivity index (χ2v) is 7.94. The van der Waals surface area contributed by atoms with Crippen molar-refractivity contribution in [3.8, 4) is 0 Å². The molecule has 0 saturated carbocycles. The zero-order valence-electron chi connectivity index (χ0n) is 16.7. The lowest BCUT2D eigenvalue weighted by Crippen LogP contribution is -2.48. The molecule has 29 heavy (non-hydrogen) atoms. The van der Waals surface area contributed by atoms with Gasteiger partial charge in [-0.2, -0.15) is 5.10 Å². The van der Waals surface area contributed by atoms with Gasteiger partial charge in [-0.05, 0) is 43.3 Å². The minimum absolute atomic E-state index is 0.174. The standard InChI is InChI=1S/C22H26N4O2S/c1-16-14-17(2)26(25-16)12-7-11-23-21(27)19(15-18-8-4-3-5-9-18)24-22(28)20-10-6-13-29-20/h3-6,8-10,13-14,19H,7,11-12,15H2,1-2H3,(H,23,27)(H,24,28). The Bertz CT molecular complexity index is 935. The molecule has 2 N–H and O–H groups in total. The fourth-order valence-corrected chi connectivity index (χ4v) is 3.79. The van der Waals surface area contributed by atoms with Crippen LogP contribution >= 0.6 is 11.3 Å². The van der Waals surface area contributed by atoms with Crippen LogP contribution in [0.15, 0.2) is 53.9 Å². The Balaban J connectivity index is 1.57. The predicted octanol–water partition coefficient (Wildman–Crippen LogP) is 3.11. The summed E-state index contributed by atoms with van der Waals surface area (Å²) in [5, 5.41) is 12.1. The number of aryl methyl sites for hydroxylation is 3. The highest BCUT2D eigenvalue weighted by atomic mass is 32.1. The van der Waals surface area contributed by atoms with Crippen LogP contribution in [-0.4, -0.2) is 34.2 Å². The van der Waals surface area contributed by atoms with Crippen molar-refractivity contribution in [1.29, 1.82) is 0 Å². The van der Waals surface area contributed by atoms with Crippen LogP contribution in [0.4, 0.5) is 0 Å². The zero-order valence-corrected chi connectivity index (χ0v) is 17.5. The average molecular weight is 411 g/mol. The van der Waals surface area contributed by atoms with Crippen LogP contribution in [0.2, 0.25) is 0 Å². The van der Waals surface area contributed by atoms with Crippen molar-refractivity contribution in [1.82, 2.24) is 20.4 Å². The molecule has 0 spiro atoms. The van der Waals surface area contributed by atoms with Gasteiger partial charge in [0.05, 0.1) is 10.6 Å². The number of carbonyl (C=O) groups excluding carboxylic acids is 2. The van der Waals surface area contributed by atoms with Crippen molar-refractivity contribution in [3.05, 3.63) is 75.7 Å². The van der Waals surface area contributed by atoms with E-state index in [4.69, 9.17) is 0 Å². The minimum Gasteiger partial charge on any atom is -0.354 e. The summed E-state index contributed by atoms with van der Waals surface area (Å²) < 4.78 is 1.95. The summed E-state index contributed by atoms with van der Waals surface area (Å²) >= 11 is 1.36. The highest BCUT2D eigenvalue weighted by molar-refractivity contribution is 7.12. The smallest absolute Gasteiger partial charge is 0.262 e. The molecule has 0 aliphatic rings.